The summed E-state index contributed by atoms with van der Waals surface area (Å²) in [5.41, 5.74) is 6.75. The molecule has 18 heavy (non-hydrogen) atoms. The molecule has 98 valence electrons. The van der Waals surface area contributed by atoms with Crippen LogP contribution in [-0.2, 0) is 4.79 Å². The van der Waals surface area contributed by atoms with Crippen LogP contribution < -0.4 is 11.1 Å². The predicted octanol–water partition coefficient (Wildman–Crippen LogP) is 1.44. The Hall–Kier alpha value is -1.55. The Labute approximate surface area is 108 Å². The second-order valence-corrected chi connectivity index (χ2v) is 4.74. The number of anilines is 1. The maximum absolute atomic E-state index is 12.0. The molecule has 1 atom stereocenters. The van der Waals surface area contributed by atoms with Crippen molar-refractivity contribution in [2.45, 2.75) is 25.3 Å². The van der Waals surface area contributed by atoms with E-state index in [0.717, 1.165) is 31.6 Å². The molecule has 1 aromatic carbocycles. The Morgan fingerprint density at radius 1 is 1.28 bits per heavy atom. The van der Waals surface area contributed by atoms with E-state index < -0.39 is 0 Å². The quantitative estimate of drug-likeness (QED) is 0.827. The summed E-state index contributed by atoms with van der Waals surface area (Å²) in [6.45, 7) is 2.28. The summed E-state index contributed by atoms with van der Waals surface area (Å²) in [5, 5.41) is 3.31. The van der Waals surface area contributed by atoms with Gasteiger partial charge in [0.15, 0.2) is 0 Å². The molecule has 1 unspecified atom stereocenters. The second kappa shape index (κ2) is 6.40. The van der Waals surface area contributed by atoms with Crippen molar-refractivity contribution in [3.63, 3.8) is 0 Å². The first-order valence-corrected chi connectivity index (χ1v) is 6.59. The van der Waals surface area contributed by atoms with Gasteiger partial charge in [-0.05, 0) is 25.0 Å². The number of nitrogens with one attached hydrogen (secondary N) is 1. The Morgan fingerprint density at radius 2 is 1.94 bits per heavy atom. The molecule has 0 saturated carbocycles. The van der Waals surface area contributed by atoms with Crippen LogP contribution in [0.1, 0.15) is 19.3 Å². The minimum absolute atomic E-state index is 0.0144. The van der Waals surface area contributed by atoms with Crippen molar-refractivity contribution in [3.8, 4) is 0 Å². The molecule has 0 bridgehead atoms. The minimum Gasteiger partial charge on any atom is -0.381 e. The fourth-order valence-electron chi connectivity index (χ4n) is 2.27. The van der Waals surface area contributed by atoms with E-state index in [1.165, 1.54) is 0 Å². The SMILES string of the molecule is NCC(CC(=O)N1CCCC1)Nc1ccccc1. The average molecular weight is 247 g/mol. The molecule has 0 aliphatic carbocycles. The van der Waals surface area contributed by atoms with Crippen LogP contribution in [0, 0.1) is 0 Å². The summed E-state index contributed by atoms with van der Waals surface area (Å²) in [7, 11) is 0. The number of nitrogens with zero attached hydrogens (tertiary/aromatic N) is 1. The van der Waals surface area contributed by atoms with Gasteiger partial charge in [-0.25, -0.2) is 0 Å². The zero-order chi connectivity index (χ0) is 12.8. The molecular formula is C14H21N3O. The molecule has 1 saturated heterocycles. The van der Waals surface area contributed by atoms with Crippen LogP contribution in [0.5, 0.6) is 0 Å². The van der Waals surface area contributed by atoms with Gasteiger partial charge in [0.2, 0.25) is 5.91 Å². The summed E-state index contributed by atoms with van der Waals surface area (Å²) in [4.78, 5) is 14.0. The van der Waals surface area contributed by atoms with Crippen molar-refractivity contribution >= 4 is 11.6 Å². The molecule has 1 aliphatic rings. The van der Waals surface area contributed by atoms with Gasteiger partial charge in [-0.1, -0.05) is 18.2 Å². The van der Waals surface area contributed by atoms with Crippen LogP contribution in [0.4, 0.5) is 5.69 Å². The summed E-state index contributed by atoms with van der Waals surface area (Å²) >= 11 is 0. The number of rotatable bonds is 5. The highest BCUT2D eigenvalue weighted by Gasteiger charge is 2.20. The molecule has 1 aliphatic heterocycles. The van der Waals surface area contributed by atoms with Gasteiger partial charge < -0.3 is 16.0 Å². The standard InChI is InChI=1S/C14H21N3O/c15-11-13(16-12-6-2-1-3-7-12)10-14(18)17-8-4-5-9-17/h1-3,6-7,13,16H,4-5,8-11,15H2. The zero-order valence-corrected chi connectivity index (χ0v) is 10.6. The van der Waals surface area contributed by atoms with Gasteiger partial charge in [-0.2, -0.15) is 0 Å². The van der Waals surface area contributed by atoms with E-state index in [0.29, 0.717) is 13.0 Å². The summed E-state index contributed by atoms with van der Waals surface area (Å²) < 4.78 is 0. The monoisotopic (exact) mass is 247 g/mol. The fraction of sp³-hybridized carbons (Fsp3) is 0.500. The van der Waals surface area contributed by atoms with Crippen molar-refractivity contribution < 1.29 is 4.79 Å². The smallest absolute Gasteiger partial charge is 0.224 e. The molecule has 4 heteroatoms. The number of benzene rings is 1. The molecule has 0 radical (unpaired) electrons. The van der Waals surface area contributed by atoms with E-state index >= 15 is 0 Å². The molecule has 2 rings (SSSR count). The molecule has 1 aromatic rings. The number of amides is 1. The molecular weight excluding hydrogens is 226 g/mol. The molecule has 1 fully saturated rings. The van der Waals surface area contributed by atoms with E-state index in [9.17, 15) is 4.79 Å². The molecule has 0 aromatic heterocycles. The van der Waals surface area contributed by atoms with Gasteiger partial charge in [0.1, 0.15) is 0 Å². The summed E-state index contributed by atoms with van der Waals surface area (Å²) in [6, 6.07) is 9.90. The zero-order valence-electron chi connectivity index (χ0n) is 10.6. The number of carbonyl (C=O) groups excluding carboxylic acids is 1. The Bertz CT molecular complexity index is 374. The third kappa shape index (κ3) is 3.47. The molecule has 3 N–H and O–H groups in total. The highest BCUT2D eigenvalue weighted by Crippen LogP contribution is 2.12. The van der Waals surface area contributed by atoms with E-state index in [-0.39, 0.29) is 11.9 Å². The number of hydrogen-bond donors (Lipinski definition) is 2. The van der Waals surface area contributed by atoms with E-state index in [4.69, 9.17) is 5.73 Å². The summed E-state index contributed by atoms with van der Waals surface area (Å²) in [5.74, 6) is 0.214. The highest BCUT2D eigenvalue weighted by atomic mass is 16.2. The van der Waals surface area contributed by atoms with Crippen molar-refractivity contribution in [2.24, 2.45) is 5.73 Å². The van der Waals surface area contributed by atoms with Crippen LogP contribution in [-0.4, -0.2) is 36.5 Å². The van der Waals surface area contributed by atoms with Crippen molar-refractivity contribution in [3.05, 3.63) is 30.3 Å². The normalized spacial score (nSPS) is 16.6. The van der Waals surface area contributed by atoms with Gasteiger partial charge in [0, 0.05) is 37.8 Å². The van der Waals surface area contributed by atoms with Gasteiger partial charge in [0.05, 0.1) is 0 Å². The van der Waals surface area contributed by atoms with Crippen LogP contribution in [0.3, 0.4) is 0 Å². The largest absolute Gasteiger partial charge is 0.381 e. The maximum atomic E-state index is 12.0. The topological polar surface area (TPSA) is 58.4 Å². The lowest BCUT2D eigenvalue weighted by atomic mass is 10.1. The van der Waals surface area contributed by atoms with Gasteiger partial charge in [-0.3, -0.25) is 4.79 Å². The lowest BCUT2D eigenvalue weighted by Crippen LogP contribution is -2.37. The Balaban J connectivity index is 1.87. The second-order valence-electron chi connectivity index (χ2n) is 4.74. The third-order valence-electron chi connectivity index (χ3n) is 3.31. The van der Waals surface area contributed by atoms with E-state index in [1.54, 1.807) is 0 Å². The van der Waals surface area contributed by atoms with Crippen molar-refractivity contribution in [1.29, 1.82) is 0 Å². The number of nitrogens with two attached hydrogens (primary N) is 1. The Morgan fingerprint density at radius 3 is 2.56 bits per heavy atom. The molecule has 0 spiro atoms. The first-order valence-electron chi connectivity index (χ1n) is 6.59. The van der Waals surface area contributed by atoms with Gasteiger partial charge in [0.25, 0.3) is 0 Å². The lowest BCUT2D eigenvalue weighted by Gasteiger charge is -2.21. The average Bonchev–Trinajstić information content (AvgIpc) is 2.93. The molecule has 4 nitrogen and oxygen atoms in total. The number of hydrogen-bond acceptors (Lipinski definition) is 3. The molecule has 1 heterocycles. The number of carbonyl (C=O) groups is 1. The highest BCUT2D eigenvalue weighted by molar-refractivity contribution is 5.77. The van der Waals surface area contributed by atoms with Crippen molar-refractivity contribution in [2.75, 3.05) is 25.0 Å². The van der Waals surface area contributed by atoms with Gasteiger partial charge >= 0.3 is 0 Å². The Kier molecular flexibility index (Phi) is 4.59. The van der Waals surface area contributed by atoms with E-state index in [1.807, 2.05) is 35.2 Å². The van der Waals surface area contributed by atoms with Crippen LogP contribution >= 0.6 is 0 Å². The van der Waals surface area contributed by atoms with Crippen molar-refractivity contribution in [1.82, 2.24) is 4.90 Å². The van der Waals surface area contributed by atoms with Crippen LogP contribution in [0.2, 0.25) is 0 Å². The molecule has 1 amide bonds. The lowest BCUT2D eigenvalue weighted by molar-refractivity contribution is -0.130. The summed E-state index contributed by atoms with van der Waals surface area (Å²) in [6.07, 6.45) is 2.74. The fourth-order valence-corrected chi connectivity index (χ4v) is 2.27. The van der Waals surface area contributed by atoms with Gasteiger partial charge in [-0.15, -0.1) is 0 Å². The minimum atomic E-state index is 0.0144. The third-order valence-corrected chi connectivity index (χ3v) is 3.31. The first kappa shape index (κ1) is 12.9. The maximum Gasteiger partial charge on any atom is 0.224 e. The van der Waals surface area contributed by atoms with E-state index in [2.05, 4.69) is 5.32 Å². The number of likely N-dealkylation sites (tertiary alicyclic amines) is 1. The van der Waals surface area contributed by atoms with Crippen LogP contribution in [0.25, 0.3) is 0 Å². The first-order chi connectivity index (χ1) is 8.79. The van der Waals surface area contributed by atoms with Crippen LogP contribution in [0.15, 0.2) is 30.3 Å². The predicted molar refractivity (Wildman–Crippen MR) is 73.3 cm³/mol. The number of para-hydroxylation sites is 1.